The van der Waals surface area contributed by atoms with Crippen LogP contribution in [0.15, 0.2) is 94.9 Å². The van der Waals surface area contributed by atoms with Crippen molar-refractivity contribution in [3.8, 4) is 5.75 Å². The second-order valence-electron chi connectivity index (χ2n) is 10.1. The van der Waals surface area contributed by atoms with Gasteiger partial charge in [-0.15, -0.1) is 0 Å². The molecule has 0 unspecified atom stereocenters. The number of hydrogen-bond acceptors (Lipinski definition) is 7. The number of benzene rings is 3. The number of likely N-dealkylation sites (tertiary alicyclic amines) is 1. The molecule has 1 fully saturated rings. The largest absolute Gasteiger partial charge is 0.490 e. The predicted octanol–water partition coefficient (Wildman–Crippen LogP) is 6.71. The van der Waals surface area contributed by atoms with Gasteiger partial charge in [-0.3, -0.25) is 4.90 Å². The first-order valence-electron chi connectivity index (χ1n) is 13.1. The summed E-state index contributed by atoms with van der Waals surface area (Å²) in [6.07, 6.45) is 4.04. The fraction of sp³-hybridized carbons (Fsp3) is 0.258. The molecule has 2 N–H and O–H groups in total. The number of fused-ring (bicyclic) bond motifs is 2. The molecule has 2 aliphatic heterocycles. The monoisotopic (exact) mass is 523 g/mol. The fourth-order valence-corrected chi connectivity index (χ4v) is 6.24. The molecule has 2 aliphatic rings. The summed E-state index contributed by atoms with van der Waals surface area (Å²) >= 11 is 1.83. The topological polar surface area (TPSA) is 57.9 Å². The highest BCUT2D eigenvalue weighted by Gasteiger charge is 2.26. The molecule has 3 heterocycles. The molecule has 194 valence electrons. The van der Waals surface area contributed by atoms with Crippen LogP contribution in [0.4, 0.5) is 28.6 Å². The van der Waals surface area contributed by atoms with E-state index in [0.717, 1.165) is 43.9 Å². The summed E-state index contributed by atoms with van der Waals surface area (Å²) in [6.45, 7) is 2.93. The molecule has 0 bridgehead atoms. The molecule has 4 aromatic rings. The van der Waals surface area contributed by atoms with Gasteiger partial charge in [0.1, 0.15) is 17.7 Å². The number of nitrogen functional groups attached to an aromatic ring is 1. The van der Waals surface area contributed by atoms with E-state index >= 15 is 0 Å². The summed E-state index contributed by atoms with van der Waals surface area (Å²) in [7, 11) is 4.17. The number of rotatable bonds is 6. The highest BCUT2D eigenvalue weighted by atomic mass is 32.2. The average molecular weight is 524 g/mol. The zero-order chi connectivity index (χ0) is 26.1. The van der Waals surface area contributed by atoms with Crippen LogP contribution in [-0.4, -0.2) is 43.2 Å². The second-order valence-corrected chi connectivity index (χ2v) is 11.2. The minimum atomic E-state index is 0.232. The SMILES string of the molecule is CN(C)c1ccc2c(c1)N(c1ccc(OC3CCN(Cc4ccnc(N)c4)CC3)cc1)c1ccccc1S2. The number of ether oxygens (including phenoxy) is 1. The first-order chi connectivity index (χ1) is 18.5. The summed E-state index contributed by atoms with van der Waals surface area (Å²) in [5.74, 6) is 1.51. The lowest BCUT2D eigenvalue weighted by Gasteiger charge is -2.34. The third kappa shape index (κ3) is 5.17. The maximum Gasteiger partial charge on any atom is 0.123 e. The van der Waals surface area contributed by atoms with Crippen LogP contribution in [0.2, 0.25) is 0 Å². The van der Waals surface area contributed by atoms with E-state index in [1.165, 1.54) is 32.4 Å². The highest BCUT2D eigenvalue weighted by molar-refractivity contribution is 7.99. The van der Waals surface area contributed by atoms with Crippen molar-refractivity contribution in [1.82, 2.24) is 9.88 Å². The molecule has 38 heavy (non-hydrogen) atoms. The molecule has 3 aromatic carbocycles. The lowest BCUT2D eigenvalue weighted by atomic mass is 10.1. The van der Waals surface area contributed by atoms with Crippen molar-refractivity contribution < 1.29 is 4.74 Å². The van der Waals surface area contributed by atoms with E-state index in [1.54, 1.807) is 6.20 Å². The fourth-order valence-electron chi connectivity index (χ4n) is 5.20. The van der Waals surface area contributed by atoms with Crippen LogP contribution in [0.3, 0.4) is 0 Å². The first kappa shape index (κ1) is 24.6. The van der Waals surface area contributed by atoms with E-state index in [1.807, 2.05) is 23.9 Å². The first-order valence-corrected chi connectivity index (χ1v) is 13.9. The molecule has 7 heteroatoms. The zero-order valence-electron chi connectivity index (χ0n) is 21.9. The molecule has 0 amide bonds. The minimum absolute atomic E-state index is 0.232. The molecule has 1 saturated heterocycles. The van der Waals surface area contributed by atoms with Crippen LogP contribution in [0.25, 0.3) is 0 Å². The Balaban J connectivity index is 1.16. The van der Waals surface area contributed by atoms with E-state index in [0.29, 0.717) is 5.82 Å². The van der Waals surface area contributed by atoms with Gasteiger partial charge >= 0.3 is 0 Å². The Kier molecular flexibility index (Phi) is 6.87. The van der Waals surface area contributed by atoms with Gasteiger partial charge in [-0.2, -0.15) is 0 Å². The van der Waals surface area contributed by atoms with Crippen LogP contribution < -0.4 is 20.3 Å². The number of aromatic nitrogens is 1. The molecule has 6 rings (SSSR count). The molecule has 0 radical (unpaired) electrons. The molecular formula is C31H33N5OS. The van der Waals surface area contributed by atoms with Crippen molar-refractivity contribution in [3.05, 3.63) is 90.6 Å². The summed E-state index contributed by atoms with van der Waals surface area (Å²) < 4.78 is 6.42. The zero-order valence-corrected chi connectivity index (χ0v) is 22.7. The van der Waals surface area contributed by atoms with Crippen molar-refractivity contribution in [1.29, 1.82) is 0 Å². The third-order valence-electron chi connectivity index (χ3n) is 7.21. The van der Waals surface area contributed by atoms with Crippen LogP contribution >= 0.6 is 11.8 Å². The molecule has 0 atom stereocenters. The van der Waals surface area contributed by atoms with Gasteiger partial charge in [0, 0.05) is 61.1 Å². The molecule has 1 aromatic heterocycles. The number of anilines is 5. The number of nitrogens with zero attached hydrogens (tertiary/aromatic N) is 4. The summed E-state index contributed by atoms with van der Waals surface area (Å²) in [5, 5.41) is 0. The average Bonchev–Trinajstić information content (AvgIpc) is 2.93. The number of nitrogens with two attached hydrogens (primary N) is 1. The summed E-state index contributed by atoms with van der Waals surface area (Å²) in [4.78, 5) is 13.6. The minimum Gasteiger partial charge on any atom is -0.490 e. The van der Waals surface area contributed by atoms with Gasteiger partial charge in [0.2, 0.25) is 0 Å². The number of hydrogen-bond donors (Lipinski definition) is 1. The van der Waals surface area contributed by atoms with Gasteiger partial charge < -0.3 is 20.3 Å². The third-order valence-corrected chi connectivity index (χ3v) is 8.34. The van der Waals surface area contributed by atoms with Crippen molar-refractivity contribution in [2.75, 3.05) is 42.7 Å². The summed E-state index contributed by atoms with van der Waals surface area (Å²) in [5.41, 5.74) is 11.8. The Morgan fingerprint density at radius 2 is 1.68 bits per heavy atom. The van der Waals surface area contributed by atoms with Crippen LogP contribution in [0, 0.1) is 0 Å². The van der Waals surface area contributed by atoms with Crippen LogP contribution in [-0.2, 0) is 6.54 Å². The Bertz CT molecular complexity index is 1420. The quantitative estimate of drug-likeness (QED) is 0.265. The van der Waals surface area contributed by atoms with E-state index in [9.17, 15) is 0 Å². The molecule has 0 spiro atoms. The lowest BCUT2D eigenvalue weighted by molar-refractivity contribution is 0.0968. The van der Waals surface area contributed by atoms with Gasteiger partial charge in [-0.05, 0) is 85.1 Å². The van der Waals surface area contributed by atoms with Gasteiger partial charge in [-0.1, -0.05) is 23.9 Å². The standard InChI is InChI=1S/C31H33N5OS/c1-34(2)24-9-12-30-28(20-24)36(27-5-3-4-6-29(27)38-30)23-7-10-25(11-8-23)37-26-14-17-35(18-15-26)21-22-13-16-33-31(32)19-22/h3-13,16,19-20,26H,14-15,17-18,21H2,1-2H3,(H2,32,33). The lowest BCUT2D eigenvalue weighted by Crippen LogP contribution is -2.37. The van der Waals surface area contributed by atoms with Gasteiger partial charge in [0.25, 0.3) is 0 Å². The molecule has 0 saturated carbocycles. The maximum absolute atomic E-state index is 6.42. The van der Waals surface area contributed by atoms with Crippen molar-refractivity contribution >= 4 is 40.3 Å². The van der Waals surface area contributed by atoms with Gasteiger partial charge in [-0.25, -0.2) is 4.98 Å². The Hall–Kier alpha value is -3.68. The van der Waals surface area contributed by atoms with Gasteiger partial charge in [0.15, 0.2) is 0 Å². The smallest absolute Gasteiger partial charge is 0.123 e. The Labute approximate surface area is 229 Å². The predicted molar refractivity (Wildman–Crippen MR) is 157 cm³/mol. The highest BCUT2D eigenvalue weighted by Crippen LogP contribution is 2.52. The number of piperidine rings is 1. The van der Waals surface area contributed by atoms with E-state index in [2.05, 4.69) is 101 Å². The number of para-hydroxylation sites is 1. The van der Waals surface area contributed by atoms with Crippen molar-refractivity contribution in [3.63, 3.8) is 0 Å². The van der Waals surface area contributed by atoms with Crippen molar-refractivity contribution in [2.45, 2.75) is 35.3 Å². The van der Waals surface area contributed by atoms with Crippen LogP contribution in [0.1, 0.15) is 18.4 Å². The molecule has 6 nitrogen and oxygen atoms in total. The molecule has 0 aliphatic carbocycles. The van der Waals surface area contributed by atoms with E-state index in [4.69, 9.17) is 10.5 Å². The van der Waals surface area contributed by atoms with Gasteiger partial charge in [0.05, 0.1) is 11.4 Å². The maximum atomic E-state index is 6.42. The van der Waals surface area contributed by atoms with E-state index in [-0.39, 0.29) is 6.10 Å². The Morgan fingerprint density at radius 1 is 0.921 bits per heavy atom. The second kappa shape index (κ2) is 10.6. The normalized spacial score (nSPS) is 15.6. The van der Waals surface area contributed by atoms with Crippen LogP contribution in [0.5, 0.6) is 5.75 Å². The Morgan fingerprint density at radius 3 is 2.45 bits per heavy atom. The van der Waals surface area contributed by atoms with E-state index < -0.39 is 0 Å². The summed E-state index contributed by atoms with van der Waals surface area (Å²) in [6, 6.07) is 27.9. The van der Waals surface area contributed by atoms with Crippen molar-refractivity contribution in [2.24, 2.45) is 0 Å². The molecular weight excluding hydrogens is 490 g/mol. The number of pyridine rings is 1.